The molecular formula is C17H15N3O6S. The van der Waals surface area contributed by atoms with E-state index in [0.717, 1.165) is 0 Å². The Morgan fingerprint density at radius 3 is 2.63 bits per heavy atom. The van der Waals surface area contributed by atoms with Crippen molar-refractivity contribution in [3.8, 4) is 11.5 Å². The lowest BCUT2D eigenvalue weighted by Crippen LogP contribution is -2.41. The molecule has 2 heterocycles. The number of hydrazine groups is 1. The lowest BCUT2D eigenvalue weighted by atomic mass is 10.2. The average molecular weight is 389 g/mol. The molecule has 2 aromatic carbocycles. The summed E-state index contributed by atoms with van der Waals surface area (Å²) in [7, 11) is -4.00. The molecule has 2 aromatic rings. The fraction of sp³-hybridized carbons (Fsp3) is 0.176. The van der Waals surface area contributed by atoms with Gasteiger partial charge >= 0.3 is 0 Å². The van der Waals surface area contributed by atoms with Crippen molar-refractivity contribution in [3.05, 3.63) is 47.5 Å². The van der Waals surface area contributed by atoms with Crippen LogP contribution in [0.25, 0.3) is 0 Å². The molecule has 10 heteroatoms. The van der Waals surface area contributed by atoms with Gasteiger partial charge in [-0.25, -0.2) is 8.42 Å². The van der Waals surface area contributed by atoms with Crippen LogP contribution in [-0.4, -0.2) is 33.4 Å². The van der Waals surface area contributed by atoms with Crippen LogP contribution in [-0.2, 0) is 21.2 Å². The molecule has 0 radical (unpaired) electrons. The van der Waals surface area contributed by atoms with Gasteiger partial charge in [0.2, 0.25) is 5.91 Å². The largest absolute Gasteiger partial charge is 0.486 e. The van der Waals surface area contributed by atoms with Crippen LogP contribution in [0.1, 0.15) is 15.9 Å². The normalized spacial score (nSPS) is 15.0. The van der Waals surface area contributed by atoms with Crippen molar-refractivity contribution >= 4 is 27.5 Å². The molecule has 0 saturated heterocycles. The predicted octanol–water partition coefficient (Wildman–Crippen LogP) is 0.576. The average Bonchev–Trinajstić information content (AvgIpc) is 3.05. The van der Waals surface area contributed by atoms with Crippen molar-refractivity contribution in [3.63, 3.8) is 0 Å². The summed E-state index contributed by atoms with van der Waals surface area (Å²) in [6.07, 6.45) is 0.113. The van der Waals surface area contributed by atoms with Crippen LogP contribution in [0.3, 0.4) is 0 Å². The molecule has 0 unspecified atom stereocenters. The molecule has 3 N–H and O–H groups in total. The zero-order valence-electron chi connectivity index (χ0n) is 13.9. The van der Waals surface area contributed by atoms with Crippen LogP contribution in [0.4, 0.5) is 5.69 Å². The number of fused-ring (bicyclic) bond motifs is 2. The lowest BCUT2D eigenvalue weighted by Gasteiger charge is -2.18. The molecule has 0 spiro atoms. The smallest absolute Gasteiger partial charge is 0.266 e. The van der Waals surface area contributed by atoms with E-state index in [4.69, 9.17) is 9.47 Å². The second-order valence-corrected chi connectivity index (χ2v) is 7.64. The number of carbonyl (C=O) groups is 2. The summed E-state index contributed by atoms with van der Waals surface area (Å²) in [5, 5.41) is 2.63. The highest BCUT2D eigenvalue weighted by atomic mass is 32.2. The lowest BCUT2D eigenvalue weighted by molar-refractivity contribution is -0.115. The maximum atomic E-state index is 12.4. The minimum Gasteiger partial charge on any atom is -0.486 e. The second kappa shape index (κ2) is 6.56. The van der Waals surface area contributed by atoms with Gasteiger partial charge in [0.1, 0.15) is 13.2 Å². The van der Waals surface area contributed by atoms with Crippen LogP contribution < -0.4 is 25.0 Å². The number of hydrogen-bond donors (Lipinski definition) is 3. The molecule has 0 bridgehead atoms. The van der Waals surface area contributed by atoms with Gasteiger partial charge in [-0.05, 0) is 42.0 Å². The number of nitrogens with one attached hydrogen (secondary N) is 3. The van der Waals surface area contributed by atoms with Gasteiger partial charge < -0.3 is 14.8 Å². The minimum atomic E-state index is -4.00. The van der Waals surface area contributed by atoms with Crippen LogP contribution in [0.5, 0.6) is 11.5 Å². The third-order valence-electron chi connectivity index (χ3n) is 4.12. The van der Waals surface area contributed by atoms with Gasteiger partial charge in [-0.1, -0.05) is 0 Å². The summed E-state index contributed by atoms with van der Waals surface area (Å²) in [5.74, 6) is 0.111. The minimum absolute atomic E-state index is 0.0553. The third-order valence-corrected chi connectivity index (χ3v) is 5.36. The van der Waals surface area contributed by atoms with Crippen LogP contribution >= 0.6 is 0 Å². The molecule has 4 rings (SSSR count). The molecule has 0 atom stereocenters. The number of ether oxygens (including phenoxy) is 2. The summed E-state index contributed by atoms with van der Waals surface area (Å²) in [4.78, 5) is 25.6. The Morgan fingerprint density at radius 2 is 1.81 bits per heavy atom. The van der Waals surface area contributed by atoms with Crippen LogP contribution in [0.2, 0.25) is 0 Å². The van der Waals surface area contributed by atoms with Crippen LogP contribution in [0.15, 0.2) is 41.3 Å². The molecule has 140 valence electrons. The van der Waals surface area contributed by atoms with Gasteiger partial charge in [-0.15, -0.1) is 4.83 Å². The zero-order chi connectivity index (χ0) is 19.0. The Kier molecular flexibility index (Phi) is 4.21. The van der Waals surface area contributed by atoms with E-state index >= 15 is 0 Å². The van der Waals surface area contributed by atoms with E-state index in [1.165, 1.54) is 30.3 Å². The van der Waals surface area contributed by atoms with E-state index in [2.05, 4.69) is 15.6 Å². The maximum Gasteiger partial charge on any atom is 0.266 e. The standard InChI is InChI=1S/C17H15N3O6S/c21-16-9-11-7-12(2-3-13(11)18-16)27(23,24)20-19-17(22)10-1-4-14-15(8-10)26-6-5-25-14/h1-4,7-8,20H,5-6,9H2,(H,18,21)(H,19,22). The van der Waals surface area contributed by atoms with Crippen molar-refractivity contribution in [2.75, 3.05) is 18.5 Å². The topological polar surface area (TPSA) is 123 Å². The third kappa shape index (κ3) is 3.44. The van der Waals surface area contributed by atoms with E-state index in [-0.39, 0.29) is 22.8 Å². The highest BCUT2D eigenvalue weighted by Gasteiger charge is 2.22. The van der Waals surface area contributed by atoms with Crippen molar-refractivity contribution in [1.82, 2.24) is 10.3 Å². The summed E-state index contributed by atoms with van der Waals surface area (Å²) < 4.78 is 35.6. The first-order valence-corrected chi connectivity index (χ1v) is 9.55. The highest BCUT2D eigenvalue weighted by Crippen LogP contribution is 2.30. The quantitative estimate of drug-likeness (QED) is 0.657. The number of amides is 2. The molecule has 0 saturated carbocycles. The van der Waals surface area contributed by atoms with Gasteiger partial charge in [-0.3, -0.25) is 15.0 Å². The molecule has 0 fully saturated rings. The van der Waals surface area contributed by atoms with Crippen molar-refractivity contribution < 1.29 is 27.5 Å². The molecule has 2 aliphatic heterocycles. The SMILES string of the molecule is O=C1Cc2cc(S(=O)(=O)NNC(=O)c3ccc4c(c3)OCCO4)ccc2N1. The van der Waals surface area contributed by atoms with Crippen molar-refractivity contribution in [1.29, 1.82) is 0 Å². The number of carbonyl (C=O) groups excluding carboxylic acids is 2. The molecule has 27 heavy (non-hydrogen) atoms. The van der Waals surface area contributed by atoms with Gasteiger partial charge in [0.15, 0.2) is 11.5 Å². The van der Waals surface area contributed by atoms with Gasteiger partial charge in [-0.2, -0.15) is 0 Å². The van der Waals surface area contributed by atoms with Gasteiger partial charge in [0.25, 0.3) is 15.9 Å². The molecule has 9 nitrogen and oxygen atoms in total. The Labute approximate surface area is 154 Å². The first-order chi connectivity index (χ1) is 12.9. The zero-order valence-corrected chi connectivity index (χ0v) is 14.8. The van der Waals surface area contributed by atoms with E-state index in [0.29, 0.717) is 36.0 Å². The van der Waals surface area contributed by atoms with E-state index in [1.807, 2.05) is 0 Å². The second-order valence-electron chi connectivity index (χ2n) is 5.96. The van der Waals surface area contributed by atoms with Gasteiger partial charge in [0, 0.05) is 11.3 Å². The summed E-state index contributed by atoms with van der Waals surface area (Å²) in [6.45, 7) is 0.806. The number of sulfonamides is 1. The predicted molar refractivity (Wildman–Crippen MR) is 94.0 cm³/mol. The van der Waals surface area contributed by atoms with Crippen LogP contribution in [0, 0.1) is 0 Å². The first kappa shape index (κ1) is 17.3. The Bertz CT molecular complexity index is 1050. The fourth-order valence-corrected chi connectivity index (χ4v) is 3.69. The number of hydrogen-bond acceptors (Lipinski definition) is 6. The number of anilines is 1. The fourth-order valence-electron chi connectivity index (χ4n) is 2.80. The van der Waals surface area contributed by atoms with Crippen molar-refractivity contribution in [2.24, 2.45) is 0 Å². The van der Waals surface area contributed by atoms with Crippen molar-refractivity contribution in [2.45, 2.75) is 11.3 Å². The Balaban J connectivity index is 1.47. The highest BCUT2D eigenvalue weighted by molar-refractivity contribution is 7.89. The first-order valence-electron chi connectivity index (χ1n) is 8.07. The summed E-state index contributed by atoms with van der Waals surface area (Å²) in [6, 6.07) is 8.82. The maximum absolute atomic E-state index is 12.4. The monoisotopic (exact) mass is 389 g/mol. The summed E-state index contributed by atoms with van der Waals surface area (Å²) >= 11 is 0. The van der Waals surface area contributed by atoms with Gasteiger partial charge in [0.05, 0.1) is 11.3 Å². The number of benzene rings is 2. The molecule has 0 aliphatic carbocycles. The Hall–Kier alpha value is -3.11. The molecule has 2 amide bonds. The molecule has 0 aromatic heterocycles. The van der Waals surface area contributed by atoms with E-state index in [1.54, 1.807) is 6.07 Å². The Morgan fingerprint density at radius 1 is 1.04 bits per heavy atom. The summed E-state index contributed by atoms with van der Waals surface area (Å²) in [5.41, 5.74) is 3.55. The number of rotatable bonds is 4. The van der Waals surface area contributed by atoms with E-state index < -0.39 is 15.9 Å². The molecular weight excluding hydrogens is 374 g/mol. The molecule has 2 aliphatic rings. The van der Waals surface area contributed by atoms with E-state index in [9.17, 15) is 18.0 Å².